The molecule has 1 aliphatic rings. The quantitative estimate of drug-likeness (QED) is 0.507. The Balaban J connectivity index is 1.41. The van der Waals surface area contributed by atoms with E-state index >= 15 is 0 Å². The standard InChI is InChI=1S/C22H30N8O2/c1-3-6-19-27-22(32-28-19)18-13-25-16(2)26-20(18)30-11-4-7-17(14-30)21(31)24-8-5-10-29-12-9-23-15-29/h9,12-13,15,17H,3-8,10-11,14H2,1-2H3,(H,24,31). The molecule has 170 valence electrons. The van der Waals surface area contributed by atoms with Crippen LogP contribution in [-0.4, -0.2) is 55.2 Å². The average molecular weight is 439 g/mol. The molecule has 0 aromatic carbocycles. The van der Waals surface area contributed by atoms with Crippen molar-refractivity contribution in [3.63, 3.8) is 0 Å². The second kappa shape index (κ2) is 10.3. The van der Waals surface area contributed by atoms with E-state index in [4.69, 9.17) is 4.52 Å². The van der Waals surface area contributed by atoms with E-state index in [1.54, 1.807) is 18.7 Å². The van der Waals surface area contributed by atoms with Gasteiger partial charge in [0, 0.05) is 51.2 Å². The van der Waals surface area contributed by atoms with Gasteiger partial charge in [-0.25, -0.2) is 15.0 Å². The number of carbonyl (C=O) groups is 1. The van der Waals surface area contributed by atoms with Gasteiger partial charge < -0.3 is 19.3 Å². The number of rotatable bonds is 9. The highest BCUT2D eigenvalue weighted by molar-refractivity contribution is 5.80. The lowest BCUT2D eigenvalue weighted by atomic mass is 9.96. The molecule has 0 radical (unpaired) electrons. The van der Waals surface area contributed by atoms with Crippen LogP contribution in [0, 0.1) is 12.8 Å². The number of nitrogens with one attached hydrogen (secondary N) is 1. The van der Waals surface area contributed by atoms with E-state index in [9.17, 15) is 4.79 Å². The maximum atomic E-state index is 12.8. The zero-order valence-electron chi connectivity index (χ0n) is 18.7. The third kappa shape index (κ3) is 5.30. The molecule has 0 bridgehead atoms. The molecule has 4 rings (SSSR count). The van der Waals surface area contributed by atoms with E-state index in [1.165, 1.54) is 0 Å². The van der Waals surface area contributed by atoms with E-state index in [0.717, 1.165) is 51.0 Å². The molecule has 0 aliphatic carbocycles. The minimum Gasteiger partial charge on any atom is -0.356 e. The smallest absolute Gasteiger partial charge is 0.263 e. The van der Waals surface area contributed by atoms with Crippen LogP contribution in [0.1, 0.15) is 44.3 Å². The van der Waals surface area contributed by atoms with Crippen molar-refractivity contribution in [3.05, 3.63) is 36.6 Å². The highest BCUT2D eigenvalue weighted by Crippen LogP contribution is 2.31. The molecule has 3 aromatic heterocycles. The monoisotopic (exact) mass is 438 g/mol. The molecular formula is C22H30N8O2. The second-order valence-electron chi connectivity index (χ2n) is 8.15. The zero-order chi connectivity index (χ0) is 22.3. The first-order chi connectivity index (χ1) is 15.6. The van der Waals surface area contributed by atoms with Crippen molar-refractivity contribution in [1.29, 1.82) is 0 Å². The third-order valence-electron chi connectivity index (χ3n) is 5.60. The Morgan fingerprint density at radius 3 is 3.06 bits per heavy atom. The lowest BCUT2D eigenvalue weighted by Gasteiger charge is -2.33. The van der Waals surface area contributed by atoms with Gasteiger partial charge in [-0.3, -0.25) is 4.79 Å². The summed E-state index contributed by atoms with van der Waals surface area (Å²) in [4.78, 5) is 32.5. The first kappa shape index (κ1) is 21.9. The van der Waals surface area contributed by atoms with Gasteiger partial charge in [-0.15, -0.1) is 0 Å². The van der Waals surface area contributed by atoms with Crippen LogP contribution in [0.4, 0.5) is 5.82 Å². The van der Waals surface area contributed by atoms with Crippen molar-refractivity contribution in [2.45, 2.75) is 52.5 Å². The lowest BCUT2D eigenvalue weighted by Crippen LogP contribution is -2.44. The molecule has 1 atom stereocenters. The van der Waals surface area contributed by atoms with Gasteiger partial charge in [0.15, 0.2) is 5.82 Å². The fourth-order valence-corrected chi connectivity index (χ4v) is 3.96. The van der Waals surface area contributed by atoms with Gasteiger partial charge in [0.05, 0.1) is 12.2 Å². The maximum absolute atomic E-state index is 12.8. The molecule has 3 aromatic rings. The third-order valence-corrected chi connectivity index (χ3v) is 5.60. The van der Waals surface area contributed by atoms with Crippen molar-refractivity contribution in [2.75, 3.05) is 24.5 Å². The van der Waals surface area contributed by atoms with Crippen molar-refractivity contribution in [2.24, 2.45) is 5.92 Å². The topological polar surface area (TPSA) is 115 Å². The SMILES string of the molecule is CCCc1noc(-c2cnc(C)nc2N2CCCC(C(=O)NCCCn3ccnc3)C2)n1. The maximum Gasteiger partial charge on any atom is 0.263 e. The zero-order valence-corrected chi connectivity index (χ0v) is 18.7. The van der Waals surface area contributed by atoms with Gasteiger partial charge in [0.25, 0.3) is 5.89 Å². The number of carbonyl (C=O) groups excluding carboxylic acids is 1. The van der Waals surface area contributed by atoms with Crippen LogP contribution in [0.3, 0.4) is 0 Å². The minimum atomic E-state index is -0.0848. The van der Waals surface area contributed by atoms with Crippen LogP contribution in [0.5, 0.6) is 0 Å². The highest BCUT2D eigenvalue weighted by Gasteiger charge is 2.29. The number of aryl methyl sites for hydroxylation is 3. The van der Waals surface area contributed by atoms with Crippen molar-refractivity contribution >= 4 is 11.7 Å². The van der Waals surface area contributed by atoms with E-state index in [-0.39, 0.29) is 11.8 Å². The largest absolute Gasteiger partial charge is 0.356 e. The van der Waals surface area contributed by atoms with Gasteiger partial charge in [0.1, 0.15) is 17.2 Å². The Bertz CT molecular complexity index is 1020. The minimum absolute atomic E-state index is 0.0848. The molecule has 10 heteroatoms. The molecule has 1 amide bonds. The average Bonchev–Trinajstić information content (AvgIpc) is 3.49. The first-order valence-electron chi connectivity index (χ1n) is 11.3. The summed E-state index contributed by atoms with van der Waals surface area (Å²) >= 11 is 0. The molecule has 1 N–H and O–H groups in total. The van der Waals surface area contributed by atoms with Crippen molar-refractivity contribution < 1.29 is 9.32 Å². The fraction of sp³-hybridized carbons (Fsp3) is 0.545. The lowest BCUT2D eigenvalue weighted by molar-refractivity contribution is -0.125. The number of amides is 1. The number of hydrogen-bond donors (Lipinski definition) is 1. The number of aromatic nitrogens is 6. The Morgan fingerprint density at radius 2 is 2.25 bits per heavy atom. The summed E-state index contributed by atoms with van der Waals surface area (Å²) in [6.45, 7) is 6.85. The molecule has 1 saturated heterocycles. The summed E-state index contributed by atoms with van der Waals surface area (Å²) < 4.78 is 7.50. The van der Waals surface area contributed by atoms with Gasteiger partial charge in [-0.05, 0) is 32.6 Å². The van der Waals surface area contributed by atoms with E-state index in [1.807, 2.05) is 17.7 Å². The van der Waals surface area contributed by atoms with Crippen LogP contribution in [0.15, 0.2) is 29.4 Å². The number of hydrogen-bond acceptors (Lipinski definition) is 8. The van der Waals surface area contributed by atoms with Crippen LogP contribution in [-0.2, 0) is 17.8 Å². The number of piperidine rings is 1. The van der Waals surface area contributed by atoms with Gasteiger partial charge in [-0.2, -0.15) is 4.98 Å². The first-order valence-corrected chi connectivity index (χ1v) is 11.3. The Hall–Kier alpha value is -3.30. The molecule has 1 unspecified atom stereocenters. The second-order valence-corrected chi connectivity index (χ2v) is 8.15. The van der Waals surface area contributed by atoms with Crippen LogP contribution in [0.25, 0.3) is 11.5 Å². The van der Waals surface area contributed by atoms with E-state index in [0.29, 0.717) is 36.2 Å². The van der Waals surface area contributed by atoms with Gasteiger partial charge >= 0.3 is 0 Å². The summed E-state index contributed by atoms with van der Waals surface area (Å²) in [5, 5.41) is 7.15. The predicted molar refractivity (Wildman–Crippen MR) is 119 cm³/mol. The summed E-state index contributed by atoms with van der Waals surface area (Å²) in [7, 11) is 0. The van der Waals surface area contributed by atoms with E-state index < -0.39 is 0 Å². The highest BCUT2D eigenvalue weighted by atomic mass is 16.5. The van der Waals surface area contributed by atoms with Crippen LogP contribution < -0.4 is 10.2 Å². The van der Waals surface area contributed by atoms with E-state index in [2.05, 4.69) is 42.2 Å². The molecule has 0 spiro atoms. The molecule has 10 nitrogen and oxygen atoms in total. The summed E-state index contributed by atoms with van der Waals surface area (Å²) in [5.74, 6) is 2.54. The number of imidazole rings is 1. The Kier molecular flexibility index (Phi) is 7.08. The Morgan fingerprint density at radius 1 is 1.34 bits per heavy atom. The summed E-state index contributed by atoms with van der Waals surface area (Å²) in [6.07, 6.45) is 11.6. The van der Waals surface area contributed by atoms with Crippen molar-refractivity contribution in [1.82, 2.24) is 35.0 Å². The van der Waals surface area contributed by atoms with Crippen LogP contribution >= 0.6 is 0 Å². The normalized spacial score (nSPS) is 16.3. The number of anilines is 1. The number of nitrogens with zero attached hydrogens (tertiary/aromatic N) is 7. The molecule has 1 fully saturated rings. The molecule has 0 saturated carbocycles. The molecule has 4 heterocycles. The van der Waals surface area contributed by atoms with Gasteiger partial charge in [-0.1, -0.05) is 12.1 Å². The van der Waals surface area contributed by atoms with Gasteiger partial charge in [0.2, 0.25) is 5.91 Å². The summed E-state index contributed by atoms with van der Waals surface area (Å²) in [6, 6.07) is 0. The molecular weight excluding hydrogens is 408 g/mol. The molecule has 32 heavy (non-hydrogen) atoms. The fourth-order valence-electron chi connectivity index (χ4n) is 3.96. The molecule has 1 aliphatic heterocycles. The summed E-state index contributed by atoms with van der Waals surface area (Å²) in [5.41, 5.74) is 0.715. The predicted octanol–water partition coefficient (Wildman–Crippen LogP) is 2.41. The van der Waals surface area contributed by atoms with Crippen LogP contribution in [0.2, 0.25) is 0 Å². The van der Waals surface area contributed by atoms with Crippen molar-refractivity contribution in [3.8, 4) is 11.5 Å². The Labute approximate surface area is 187 Å².